The van der Waals surface area contributed by atoms with Gasteiger partial charge in [-0.3, -0.25) is 0 Å². The highest BCUT2D eigenvalue weighted by Gasteiger charge is 2.26. The average Bonchev–Trinajstić information content (AvgIpc) is 3.27. The van der Waals surface area contributed by atoms with Crippen LogP contribution in [0, 0.1) is 11.5 Å². The minimum atomic E-state index is -1.30. The Bertz CT molecular complexity index is 645. The summed E-state index contributed by atoms with van der Waals surface area (Å²) in [5.74, 6) is 3.44. The van der Waals surface area contributed by atoms with Gasteiger partial charge in [-0.2, -0.15) is 0 Å². The van der Waals surface area contributed by atoms with Gasteiger partial charge in [0.2, 0.25) is 0 Å². The molecule has 0 spiro atoms. The summed E-state index contributed by atoms with van der Waals surface area (Å²) >= 11 is 7.93. The molecule has 0 aromatic carbocycles. The molecule has 0 unspecified atom stereocenters. The van der Waals surface area contributed by atoms with Gasteiger partial charge in [0.1, 0.15) is 8.07 Å². The summed E-state index contributed by atoms with van der Waals surface area (Å²) in [6.45, 7) is 11.5. The normalized spacial score (nSPS) is 17.2. The van der Waals surface area contributed by atoms with Gasteiger partial charge in [0.15, 0.2) is 0 Å². The van der Waals surface area contributed by atoms with Crippen LogP contribution in [0.3, 0.4) is 0 Å². The van der Waals surface area contributed by atoms with Crippen molar-refractivity contribution in [2.24, 2.45) is 0 Å². The molecular weight excluding hydrogens is 433 g/mol. The van der Waals surface area contributed by atoms with Gasteiger partial charge in [0, 0.05) is 9.81 Å². The van der Waals surface area contributed by atoms with Crippen LogP contribution in [0.2, 0.25) is 19.6 Å². The van der Waals surface area contributed by atoms with Crippen molar-refractivity contribution in [1.29, 1.82) is 0 Å². The molecule has 5 heteroatoms. The van der Waals surface area contributed by atoms with Crippen molar-refractivity contribution in [3.8, 4) is 11.5 Å². The highest BCUT2D eigenvalue weighted by atomic mass is 32.2. The van der Waals surface area contributed by atoms with Gasteiger partial charge in [-0.05, 0) is 31.1 Å². The molecule has 2 aliphatic rings. The van der Waals surface area contributed by atoms with Crippen LogP contribution in [0.1, 0.15) is 78.1 Å². The lowest BCUT2D eigenvalue weighted by atomic mass is 10.1. The van der Waals surface area contributed by atoms with Crippen molar-refractivity contribution < 1.29 is 0 Å². The van der Waals surface area contributed by atoms with Crippen molar-refractivity contribution in [3.05, 3.63) is 28.6 Å². The lowest BCUT2D eigenvalue weighted by Gasteiger charge is -2.05. The molecule has 0 saturated heterocycles. The quantitative estimate of drug-likeness (QED) is 0.177. The Hall–Kier alpha value is 0.397. The molecule has 0 aliphatic carbocycles. The third-order valence-electron chi connectivity index (χ3n) is 4.46. The summed E-state index contributed by atoms with van der Waals surface area (Å²) in [5.41, 5.74) is 3.51. The van der Waals surface area contributed by atoms with E-state index in [1.54, 1.807) is 9.81 Å². The molecule has 0 nitrogen and oxygen atoms in total. The van der Waals surface area contributed by atoms with Crippen LogP contribution in [0.15, 0.2) is 28.6 Å². The third kappa shape index (κ3) is 9.04. The van der Waals surface area contributed by atoms with E-state index in [0.29, 0.717) is 0 Å². The van der Waals surface area contributed by atoms with Crippen molar-refractivity contribution in [2.75, 3.05) is 0 Å². The second-order valence-electron chi connectivity index (χ2n) is 8.45. The summed E-state index contributed by atoms with van der Waals surface area (Å²) < 4.78 is 2.98. The number of rotatable bonds is 10. The Morgan fingerprint density at radius 1 is 0.750 bits per heavy atom. The topological polar surface area (TPSA) is 0 Å². The van der Waals surface area contributed by atoms with Crippen molar-refractivity contribution >= 4 is 55.1 Å². The molecule has 2 aliphatic heterocycles. The Kier molecular flexibility index (Phi) is 11.4. The van der Waals surface area contributed by atoms with E-state index in [9.17, 15) is 0 Å². The zero-order valence-electron chi connectivity index (χ0n) is 18.3. The molecule has 0 aromatic heterocycles. The first-order valence-corrected chi connectivity index (χ1v) is 17.7. The maximum Gasteiger partial charge on any atom is 0.129 e. The van der Waals surface area contributed by atoms with Gasteiger partial charge in [0.05, 0.1) is 13.4 Å². The van der Waals surface area contributed by atoms with Crippen molar-refractivity contribution in [3.63, 3.8) is 0 Å². The second-order valence-corrected chi connectivity index (χ2v) is 17.9. The first kappa shape index (κ1) is 24.7. The maximum atomic E-state index is 3.51. The van der Waals surface area contributed by atoms with Crippen molar-refractivity contribution in [1.82, 2.24) is 0 Å². The molecule has 0 fully saturated rings. The number of allylic oxidation sites excluding steroid dienone is 3. The number of hydrogen-bond acceptors (Lipinski definition) is 4. The van der Waals surface area contributed by atoms with Crippen molar-refractivity contribution in [2.45, 2.75) is 97.7 Å². The van der Waals surface area contributed by atoms with E-state index in [-0.39, 0.29) is 0 Å². The zero-order valence-corrected chi connectivity index (χ0v) is 22.5. The number of unbranched alkanes of at least 4 members (excludes halogenated alkanes) is 6. The van der Waals surface area contributed by atoms with Gasteiger partial charge >= 0.3 is 0 Å². The van der Waals surface area contributed by atoms with E-state index in [2.05, 4.69) is 73.9 Å². The van der Waals surface area contributed by atoms with E-state index in [1.165, 1.54) is 77.6 Å². The van der Waals surface area contributed by atoms with E-state index >= 15 is 0 Å². The molecule has 28 heavy (non-hydrogen) atoms. The fourth-order valence-corrected chi connectivity index (χ4v) is 8.79. The largest absolute Gasteiger partial charge is 0.129 e. The first-order chi connectivity index (χ1) is 13.4. The zero-order chi connectivity index (χ0) is 20.4. The van der Waals surface area contributed by atoms with E-state index in [1.807, 2.05) is 23.5 Å². The van der Waals surface area contributed by atoms with Crippen LogP contribution in [-0.2, 0) is 0 Å². The molecule has 0 saturated carbocycles. The molecule has 0 N–H and O–H groups in total. The van der Waals surface area contributed by atoms with Gasteiger partial charge in [-0.1, -0.05) is 125 Å². The predicted octanol–water partition coefficient (Wildman–Crippen LogP) is 9.95. The monoisotopic (exact) mass is 468 g/mol. The summed E-state index contributed by atoms with van der Waals surface area (Å²) in [6, 6.07) is 0. The molecule has 156 valence electrons. The Morgan fingerprint density at radius 2 is 1.32 bits per heavy atom. The van der Waals surface area contributed by atoms with Crippen LogP contribution in [0.5, 0.6) is 0 Å². The molecule has 2 rings (SSSR count). The lowest BCUT2D eigenvalue weighted by Crippen LogP contribution is -2.16. The maximum absolute atomic E-state index is 3.51. The Labute approximate surface area is 192 Å². The van der Waals surface area contributed by atoms with Crippen LogP contribution >= 0.6 is 47.0 Å². The van der Waals surface area contributed by atoms with Crippen LogP contribution in [-0.4, -0.2) is 8.07 Å². The van der Waals surface area contributed by atoms with Crippen LogP contribution in [0.4, 0.5) is 0 Å². The molecular formula is C23H36S4Si. The molecule has 0 radical (unpaired) electrons. The summed E-state index contributed by atoms with van der Waals surface area (Å²) in [4.78, 5) is 4.59. The van der Waals surface area contributed by atoms with Gasteiger partial charge in [0.25, 0.3) is 0 Å². The molecule has 0 atom stereocenters. The molecule has 0 aromatic rings. The number of thioether (sulfide) groups is 4. The fraction of sp³-hybridized carbons (Fsp3) is 0.652. The van der Waals surface area contributed by atoms with Crippen LogP contribution < -0.4 is 0 Å². The molecule has 2 heterocycles. The standard InChI is InChI=1S/C23H36S4Si/c1-6-8-10-12-14-20-21(15-13-11-9-7-2)27-23(26-20)22-24-18-19(25-22)16-17-28(3,4)5/h18H,6-15H2,1-5H3. The minimum absolute atomic E-state index is 1.25. The van der Waals surface area contributed by atoms with E-state index in [4.69, 9.17) is 0 Å². The number of hydrogen-bond donors (Lipinski definition) is 0. The second kappa shape index (κ2) is 12.9. The minimum Gasteiger partial charge on any atom is -0.126 e. The highest BCUT2D eigenvalue weighted by Crippen LogP contribution is 2.59. The predicted molar refractivity (Wildman–Crippen MR) is 141 cm³/mol. The summed E-state index contributed by atoms with van der Waals surface area (Å²) in [6.07, 6.45) is 13.4. The van der Waals surface area contributed by atoms with Gasteiger partial charge in [-0.25, -0.2) is 0 Å². The fourth-order valence-electron chi connectivity index (χ4n) is 2.90. The SMILES string of the molecule is CCCCCCC1=C(CCCCCC)SC(=C2SC=C(C#C[Si](C)(C)C)S2)S1. The Balaban J connectivity index is 1.98. The van der Waals surface area contributed by atoms with Crippen LogP contribution in [0.25, 0.3) is 0 Å². The molecule has 0 amide bonds. The smallest absolute Gasteiger partial charge is 0.126 e. The summed E-state index contributed by atoms with van der Waals surface area (Å²) in [7, 11) is -1.30. The van der Waals surface area contributed by atoms with Gasteiger partial charge in [-0.15, -0.1) is 5.54 Å². The summed E-state index contributed by atoms with van der Waals surface area (Å²) in [5, 5.41) is 2.27. The Morgan fingerprint density at radius 3 is 1.82 bits per heavy atom. The third-order valence-corrected chi connectivity index (χ3v) is 10.9. The lowest BCUT2D eigenvalue weighted by molar-refractivity contribution is 0.661. The van der Waals surface area contributed by atoms with E-state index in [0.717, 1.165) is 0 Å². The highest BCUT2D eigenvalue weighted by molar-refractivity contribution is 8.34. The van der Waals surface area contributed by atoms with Gasteiger partial charge < -0.3 is 0 Å². The molecule has 0 bridgehead atoms. The average molecular weight is 469 g/mol. The first-order valence-electron chi connectivity index (χ1n) is 10.8. The van der Waals surface area contributed by atoms with E-state index < -0.39 is 8.07 Å².